The second kappa shape index (κ2) is 5.82. The smallest absolute Gasteiger partial charge is 0.0802 e. The molecule has 1 atom stereocenters. The van der Waals surface area contributed by atoms with Crippen molar-refractivity contribution in [2.24, 2.45) is 5.92 Å². The number of rotatable bonds is 7. The third-order valence-electron chi connectivity index (χ3n) is 4.18. The van der Waals surface area contributed by atoms with Gasteiger partial charge in [0.05, 0.1) is 6.10 Å². The summed E-state index contributed by atoms with van der Waals surface area (Å²) in [6, 6.07) is 8.38. The molecule has 0 aliphatic heterocycles. The van der Waals surface area contributed by atoms with Crippen LogP contribution in [-0.4, -0.2) is 29.1 Å². The van der Waals surface area contributed by atoms with Crippen LogP contribution >= 0.6 is 11.6 Å². The molecule has 104 valence electrons. The predicted molar refractivity (Wildman–Crippen MR) is 78.3 cm³/mol. The minimum atomic E-state index is -0.390. The Labute approximate surface area is 120 Å². The zero-order chi connectivity index (χ0) is 13.2. The molecule has 0 bridgehead atoms. The fraction of sp³-hybridized carbons (Fsp3) is 0.625. The van der Waals surface area contributed by atoms with Gasteiger partial charge in [0.15, 0.2) is 0 Å². The first-order valence-electron chi connectivity index (χ1n) is 7.40. The van der Waals surface area contributed by atoms with E-state index in [-0.39, 0.29) is 6.10 Å². The highest BCUT2D eigenvalue weighted by Gasteiger charge is 2.33. The van der Waals surface area contributed by atoms with E-state index in [2.05, 4.69) is 4.90 Å². The van der Waals surface area contributed by atoms with Gasteiger partial charge in [-0.15, -0.1) is 0 Å². The molecule has 0 heterocycles. The Balaban J connectivity index is 1.51. The van der Waals surface area contributed by atoms with Crippen LogP contribution in [0.3, 0.4) is 0 Å². The molecule has 1 aromatic rings. The zero-order valence-corrected chi connectivity index (χ0v) is 12.0. The van der Waals surface area contributed by atoms with E-state index in [9.17, 15) is 5.11 Å². The van der Waals surface area contributed by atoms with E-state index in [1.807, 2.05) is 24.3 Å². The summed E-state index contributed by atoms with van der Waals surface area (Å²) in [5, 5.41) is 11.0. The third-order valence-corrected chi connectivity index (χ3v) is 4.41. The molecule has 0 spiro atoms. The van der Waals surface area contributed by atoms with Crippen LogP contribution in [0.1, 0.15) is 43.8 Å². The number of nitrogens with zero attached hydrogens (tertiary/aromatic N) is 1. The Kier molecular flexibility index (Phi) is 4.11. The molecule has 2 fully saturated rings. The molecule has 0 amide bonds. The molecule has 3 rings (SSSR count). The van der Waals surface area contributed by atoms with Gasteiger partial charge in [-0.2, -0.15) is 0 Å². The van der Waals surface area contributed by atoms with Crippen LogP contribution in [0.5, 0.6) is 0 Å². The lowest BCUT2D eigenvalue weighted by Crippen LogP contribution is -2.30. The van der Waals surface area contributed by atoms with Gasteiger partial charge in [-0.3, -0.25) is 0 Å². The molecular weight excluding hydrogens is 258 g/mol. The van der Waals surface area contributed by atoms with Gasteiger partial charge in [-0.05, 0) is 55.7 Å². The molecule has 0 radical (unpaired) electrons. The average Bonchev–Trinajstić information content (AvgIpc) is 3.27. The van der Waals surface area contributed by atoms with E-state index >= 15 is 0 Å². The van der Waals surface area contributed by atoms with Crippen LogP contribution in [0.4, 0.5) is 0 Å². The molecule has 19 heavy (non-hydrogen) atoms. The predicted octanol–water partition coefficient (Wildman–Crippen LogP) is 3.64. The van der Waals surface area contributed by atoms with Crippen molar-refractivity contribution < 1.29 is 5.11 Å². The Bertz CT molecular complexity index is 429. The van der Waals surface area contributed by atoms with Crippen molar-refractivity contribution in [3.8, 4) is 0 Å². The fourth-order valence-electron chi connectivity index (χ4n) is 2.66. The van der Waals surface area contributed by atoms with Crippen molar-refractivity contribution >= 4 is 11.6 Å². The summed E-state index contributed by atoms with van der Waals surface area (Å²) in [5.41, 5.74) is 0.940. The van der Waals surface area contributed by atoms with Crippen LogP contribution in [0, 0.1) is 5.92 Å². The highest BCUT2D eigenvalue weighted by molar-refractivity contribution is 6.30. The largest absolute Gasteiger partial charge is 0.388 e. The van der Waals surface area contributed by atoms with E-state index in [4.69, 9.17) is 11.6 Å². The van der Waals surface area contributed by atoms with Crippen LogP contribution < -0.4 is 0 Å². The molecule has 1 aromatic carbocycles. The lowest BCUT2D eigenvalue weighted by molar-refractivity contribution is 0.137. The second-order valence-electron chi connectivity index (χ2n) is 6.03. The third kappa shape index (κ3) is 3.95. The molecule has 2 saturated carbocycles. The standard InChI is InChI=1S/C16H22ClNO/c17-14-3-1-2-13(10-14)16(19)8-9-18(15-6-7-15)11-12-4-5-12/h1-3,10,12,15-16,19H,4-9,11H2. The molecule has 0 saturated heterocycles. The lowest BCUT2D eigenvalue weighted by atomic mass is 10.1. The molecule has 2 aliphatic carbocycles. The first kappa shape index (κ1) is 13.4. The Morgan fingerprint density at radius 1 is 1.26 bits per heavy atom. The number of halogens is 1. The Hall–Kier alpha value is -0.570. The minimum absolute atomic E-state index is 0.390. The number of aliphatic hydroxyl groups excluding tert-OH is 1. The fourth-order valence-corrected chi connectivity index (χ4v) is 2.86. The summed E-state index contributed by atoms with van der Waals surface area (Å²) in [7, 11) is 0. The number of aliphatic hydroxyl groups is 1. The summed E-state index contributed by atoms with van der Waals surface area (Å²) < 4.78 is 0. The first-order chi connectivity index (χ1) is 9.22. The summed E-state index contributed by atoms with van der Waals surface area (Å²) >= 11 is 5.97. The quantitative estimate of drug-likeness (QED) is 0.824. The van der Waals surface area contributed by atoms with Gasteiger partial charge < -0.3 is 10.0 Å². The molecule has 1 N–H and O–H groups in total. The average molecular weight is 280 g/mol. The topological polar surface area (TPSA) is 23.5 Å². The molecule has 2 aliphatic rings. The zero-order valence-electron chi connectivity index (χ0n) is 11.3. The van der Waals surface area contributed by atoms with Crippen LogP contribution in [-0.2, 0) is 0 Å². The van der Waals surface area contributed by atoms with Gasteiger partial charge in [0.2, 0.25) is 0 Å². The van der Waals surface area contributed by atoms with Gasteiger partial charge in [-0.1, -0.05) is 23.7 Å². The van der Waals surface area contributed by atoms with Crippen LogP contribution in [0.15, 0.2) is 24.3 Å². The van der Waals surface area contributed by atoms with E-state index in [1.54, 1.807) is 0 Å². The molecule has 1 unspecified atom stereocenters. The molecular formula is C16H22ClNO. The van der Waals surface area contributed by atoms with Crippen molar-refractivity contribution in [1.29, 1.82) is 0 Å². The Morgan fingerprint density at radius 2 is 2.05 bits per heavy atom. The van der Waals surface area contributed by atoms with Crippen molar-refractivity contribution in [3.05, 3.63) is 34.9 Å². The monoisotopic (exact) mass is 279 g/mol. The summed E-state index contributed by atoms with van der Waals surface area (Å²) in [6.45, 7) is 2.25. The van der Waals surface area contributed by atoms with E-state index in [0.717, 1.165) is 30.5 Å². The summed E-state index contributed by atoms with van der Waals surface area (Å²) in [6.07, 6.45) is 5.92. The molecule has 2 nitrogen and oxygen atoms in total. The van der Waals surface area contributed by atoms with Gasteiger partial charge in [0, 0.05) is 24.2 Å². The number of benzene rings is 1. The maximum Gasteiger partial charge on any atom is 0.0802 e. The SMILES string of the molecule is OC(CCN(CC1CC1)C1CC1)c1cccc(Cl)c1. The van der Waals surface area contributed by atoms with E-state index in [0.29, 0.717) is 5.02 Å². The Morgan fingerprint density at radius 3 is 2.68 bits per heavy atom. The van der Waals surface area contributed by atoms with E-state index < -0.39 is 0 Å². The normalized spacial score (nSPS) is 20.8. The first-order valence-corrected chi connectivity index (χ1v) is 7.78. The van der Waals surface area contributed by atoms with Crippen LogP contribution in [0.25, 0.3) is 0 Å². The second-order valence-corrected chi connectivity index (χ2v) is 6.47. The molecule has 3 heteroatoms. The highest BCUT2D eigenvalue weighted by Crippen LogP contribution is 2.35. The van der Waals surface area contributed by atoms with E-state index in [1.165, 1.54) is 32.2 Å². The van der Waals surface area contributed by atoms with Crippen LogP contribution in [0.2, 0.25) is 5.02 Å². The van der Waals surface area contributed by atoms with Crippen molar-refractivity contribution in [2.45, 2.75) is 44.2 Å². The van der Waals surface area contributed by atoms with Gasteiger partial charge in [0.25, 0.3) is 0 Å². The summed E-state index contributed by atoms with van der Waals surface area (Å²) in [5.74, 6) is 0.934. The maximum atomic E-state index is 10.3. The number of hydrogen-bond acceptors (Lipinski definition) is 2. The van der Waals surface area contributed by atoms with Gasteiger partial charge in [0.1, 0.15) is 0 Å². The van der Waals surface area contributed by atoms with Gasteiger partial charge >= 0.3 is 0 Å². The van der Waals surface area contributed by atoms with Gasteiger partial charge in [-0.25, -0.2) is 0 Å². The lowest BCUT2D eigenvalue weighted by Gasteiger charge is -2.23. The minimum Gasteiger partial charge on any atom is -0.388 e. The molecule has 0 aromatic heterocycles. The van der Waals surface area contributed by atoms with Crippen molar-refractivity contribution in [2.75, 3.05) is 13.1 Å². The highest BCUT2D eigenvalue weighted by atomic mass is 35.5. The maximum absolute atomic E-state index is 10.3. The van der Waals surface area contributed by atoms with Crippen molar-refractivity contribution in [3.63, 3.8) is 0 Å². The summed E-state index contributed by atoms with van der Waals surface area (Å²) in [4.78, 5) is 2.59. The van der Waals surface area contributed by atoms with Crippen molar-refractivity contribution in [1.82, 2.24) is 4.90 Å². The number of hydrogen-bond donors (Lipinski definition) is 1.